The van der Waals surface area contributed by atoms with E-state index in [1.807, 2.05) is 48.5 Å². The van der Waals surface area contributed by atoms with E-state index in [1.165, 1.54) is 0 Å². The molecule has 0 atom stereocenters. The third-order valence-electron chi connectivity index (χ3n) is 4.39. The van der Waals surface area contributed by atoms with Crippen molar-refractivity contribution in [3.8, 4) is 0 Å². The van der Waals surface area contributed by atoms with Crippen molar-refractivity contribution >= 4 is 39.2 Å². The van der Waals surface area contributed by atoms with E-state index in [4.69, 9.17) is 22.5 Å². The van der Waals surface area contributed by atoms with Gasteiger partial charge in [-0.15, -0.1) is 5.11 Å². The first-order valence-corrected chi connectivity index (χ1v) is 8.27. The minimum atomic E-state index is -0.0337. The van der Waals surface area contributed by atoms with Gasteiger partial charge in [-0.2, -0.15) is 0 Å². The molecule has 0 fully saturated rings. The number of nitrogens with one attached hydrogen (secondary N) is 2. The minimum absolute atomic E-state index is 0.0337. The predicted octanol–water partition coefficient (Wildman–Crippen LogP) is 5.85. The zero-order chi connectivity index (χ0) is 17.4. The van der Waals surface area contributed by atoms with Crippen LogP contribution in [-0.2, 0) is 6.54 Å². The molecule has 0 saturated carbocycles. The highest BCUT2D eigenvalue weighted by Crippen LogP contribution is 2.31. The maximum absolute atomic E-state index is 7.80. The molecule has 1 heterocycles. The number of halogens is 1. The second-order valence-corrected chi connectivity index (χ2v) is 6.36. The molecule has 0 aliphatic heterocycles. The lowest BCUT2D eigenvalue weighted by Gasteiger charge is -2.08. The highest BCUT2D eigenvalue weighted by molar-refractivity contribution is 6.30. The molecule has 2 N–H and O–H groups in total. The normalized spacial score (nSPS) is 11.1. The molecule has 0 saturated heterocycles. The highest BCUT2D eigenvalue weighted by Gasteiger charge is 2.12. The standard InChI is InChI=1S/C20H15ClN4/c21-15-5-3-4-13(10-15)12-25-18-7-2-1-6-16(18)17-11-14(20(22)24-23)8-9-19(17)25/h1-11,22-23H,12H2. The molecule has 0 aliphatic rings. The summed E-state index contributed by atoms with van der Waals surface area (Å²) in [5.74, 6) is -0.0337. The second-order valence-electron chi connectivity index (χ2n) is 5.93. The summed E-state index contributed by atoms with van der Waals surface area (Å²) in [5, 5.41) is 13.9. The smallest absolute Gasteiger partial charge is 0.173 e. The number of rotatable bonds is 3. The van der Waals surface area contributed by atoms with Gasteiger partial charge in [-0.25, -0.2) is 5.53 Å². The third-order valence-corrected chi connectivity index (χ3v) is 4.62. The van der Waals surface area contributed by atoms with Crippen molar-refractivity contribution in [2.45, 2.75) is 6.54 Å². The van der Waals surface area contributed by atoms with Crippen molar-refractivity contribution in [1.82, 2.24) is 4.57 Å². The lowest BCUT2D eigenvalue weighted by Crippen LogP contribution is -1.99. The first-order valence-electron chi connectivity index (χ1n) is 7.89. The van der Waals surface area contributed by atoms with E-state index in [0.717, 1.165) is 32.4 Å². The fourth-order valence-electron chi connectivity index (χ4n) is 3.25. The van der Waals surface area contributed by atoms with Crippen LogP contribution in [0.4, 0.5) is 0 Å². The lowest BCUT2D eigenvalue weighted by molar-refractivity contribution is 0.869. The van der Waals surface area contributed by atoms with Crippen LogP contribution in [0.3, 0.4) is 0 Å². The Bertz CT molecular complexity index is 1130. The molecule has 0 unspecified atom stereocenters. The molecule has 4 rings (SSSR count). The van der Waals surface area contributed by atoms with Gasteiger partial charge in [0.05, 0.1) is 0 Å². The Hall–Kier alpha value is -2.98. The van der Waals surface area contributed by atoms with Gasteiger partial charge in [0.2, 0.25) is 0 Å². The topological polar surface area (TPSA) is 65.0 Å². The van der Waals surface area contributed by atoms with Crippen molar-refractivity contribution < 1.29 is 0 Å². The summed E-state index contributed by atoms with van der Waals surface area (Å²) in [6.07, 6.45) is 0. The molecule has 0 bridgehead atoms. The van der Waals surface area contributed by atoms with Crippen molar-refractivity contribution in [2.24, 2.45) is 5.11 Å². The Morgan fingerprint density at radius 1 is 0.920 bits per heavy atom. The summed E-state index contributed by atoms with van der Waals surface area (Å²) in [5.41, 5.74) is 11.1. The Balaban J connectivity index is 1.96. The zero-order valence-electron chi connectivity index (χ0n) is 13.3. The van der Waals surface area contributed by atoms with E-state index in [0.29, 0.717) is 12.1 Å². The number of hydrogen-bond donors (Lipinski definition) is 2. The number of amidine groups is 1. The van der Waals surface area contributed by atoms with Crippen molar-refractivity contribution in [1.29, 1.82) is 10.9 Å². The van der Waals surface area contributed by atoms with E-state index in [1.54, 1.807) is 0 Å². The van der Waals surface area contributed by atoms with E-state index in [9.17, 15) is 0 Å². The number of benzene rings is 3. The van der Waals surface area contributed by atoms with Gasteiger partial charge in [0.15, 0.2) is 5.84 Å². The number of nitrogens with zero attached hydrogens (tertiary/aromatic N) is 2. The van der Waals surface area contributed by atoms with Gasteiger partial charge in [-0.3, -0.25) is 5.41 Å². The Morgan fingerprint density at radius 2 is 1.72 bits per heavy atom. The fraction of sp³-hybridized carbons (Fsp3) is 0.0500. The molecule has 0 radical (unpaired) electrons. The summed E-state index contributed by atoms with van der Waals surface area (Å²) < 4.78 is 2.25. The molecule has 3 aromatic carbocycles. The van der Waals surface area contributed by atoms with Gasteiger partial charge >= 0.3 is 0 Å². The minimum Gasteiger partial charge on any atom is -0.336 e. The van der Waals surface area contributed by atoms with Gasteiger partial charge in [-0.1, -0.05) is 41.9 Å². The average molecular weight is 347 g/mol. The van der Waals surface area contributed by atoms with Crippen LogP contribution in [0.25, 0.3) is 21.8 Å². The van der Waals surface area contributed by atoms with Crippen molar-refractivity contribution in [2.75, 3.05) is 0 Å². The van der Waals surface area contributed by atoms with Crippen LogP contribution in [0.2, 0.25) is 5.02 Å². The molecule has 4 nitrogen and oxygen atoms in total. The van der Waals surface area contributed by atoms with Gasteiger partial charge in [0, 0.05) is 38.9 Å². The van der Waals surface area contributed by atoms with E-state index < -0.39 is 0 Å². The monoisotopic (exact) mass is 346 g/mol. The number of fused-ring (bicyclic) bond motifs is 3. The predicted molar refractivity (Wildman–Crippen MR) is 102 cm³/mol. The van der Waals surface area contributed by atoms with Gasteiger partial charge < -0.3 is 4.57 Å². The van der Waals surface area contributed by atoms with E-state index >= 15 is 0 Å². The summed E-state index contributed by atoms with van der Waals surface area (Å²) in [4.78, 5) is 0. The van der Waals surface area contributed by atoms with Gasteiger partial charge in [-0.05, 0) is 42.0 Å². The Labute approximate surface area is 149 Å². The SMILES string of the molecule is N=NC(=N)c1ccc2c(c1)c1ccccc1n2Cc1cccc(Cl)c1. The molecule has 4 aromatic rings. The Morgan fingerprint density at radius 3 is 2.52 bits per heavy atom. The molecule has 0 aliphatic carbocycles. The first-order chi connectivity index (χ1) is 12.2. The van der Waals surface area contributed by atoms with E-state index in [-0.39, 0.29) is 5.84 Å². The molecule has 1 aromatic heterocycles. The van der Waals surface area contributed by atoms with Gasteiger partial charge in [0.25, 0.3) is 0 Å². The largest absolute Gasteiger partial charge is 0.336 e. The van der Waals surface area contributed by atoms with Crippen LogP contribution in [0.15, 0.2) is 71.8 Å². The van der Waals surface area contributed by atoms with Crippen LogP contribution in [-0.4, -0.2) is 10.4 Å². The lowest BCUT2D eigenvalue weighted by atomic mass is 10.1. The van der Waals surface area contributed by atoms with Crippen molar-refractivity contribution in [3.63, 3.8) is 0 Å². The van der Waals surface area contributed by atoms with E-state index in [2.05, 4.69) is 27.9 Å². The fourth-order valence-corrected chi connectivity index (χ4v) is 3.47. The summed E-state index contributed by atoms with van der Waals surface area (Å²) in [6.45, 7) is 0.712. The first kappa shape index (κ1) is 15.5. The Kier molecular flexibility index (Phi) is 3.82. The van der Waals surface area contributed by atoms with Crippen molar-refractivity contribution in [3.05, 3.63) is 82.9 Å². The second kappa shape index (κ2) is 6.15. The molecular formula is C20H15ClN4. The molecule has 0 amide bonds. The summed E-state index contributed by atoms with van der Waals surface area (Å²) in [6, 6.07) is 21.9. The molecule has 0 spiro atoms. The molecule has 25 heavy (non-hydrogen) atoms. The van der Waals surface area contributed by atoms with Crippen LogP contribution >= 0.6 is 11.6 Å². The molecular weight excluding hydrogens is 332 g/mol. The van der Waals surface area contributed by atoms with Crippen LogP contribution in [0.5, 0.6) is 0 Å². The molecule has 122 valence electrons. The average Bonchev–Trinajstić information content (AvgIpc) is 2.95. The zero-order valence-corrected chi connectivity index (χ0v) is 14.1. The van der Waals surface area contributed by atoms with Gasteiger partial charge in [0.1, 0.15) is 0 Å². The quantitative estimate of drug-likeness (QED) is 0.265. The maximum Gasteiger partial charge on any atom is 0.173 e. The number of aromatic nitrogens is 1. The summed E-state index contributed by atoms with van der Waals surface area (Å²) in [7, 11) is 0. The summed E-state index contributed by atoms with van der Waals surface area (Å²) >= 11 is 6.13. The highest BCUT2D eigenvalue weighted by atomic mass is 35.5. The van der Waals surface area contributed by atoms with Crippen LogP contribution in [0, 0.1) is 10.9 Å². The van der Waals surface area contributed by atoms with Crippen LogP contribution < -0.4 is 0 Å². The molecule has 5 heteroatoms. The number of para-hydroxylation sites is 1. The van der Waals surface area contributed by atoms with Crippen LogP contribution in [0.1, 0.15) is 11.1 Å². The maximum atomic E-state index is 7.80. The third kappa shape index (κ3) is 2.71. The number of hydrogen-bond acceptors (Lipinski definition) is 2.